The van der Waals surface area contributed by atoms with Gasteiger partial charge in [0.05, 0.1) is 11.4 Å². The molecule has 0 unspecified atom stereocenters. The molecule has 4 aromatic rings. The summed E-state index contributed by atoms with van der Waals surface area (Å²) in [6, 6.07) is 22.1. The van der Waals surface area contributed by atoms with Gasteiger partial charge in [-0.1, -0.05) is 48.5 Å². The van der Waals surface area contributed by atoms with E-state index in [1.54, 1.807) is 0 Å². The third kappa shape index (κ3) is 2.75. The predicted molar refractivity (Wildman–Crippen MR) is 116 cm³/mol. The molecule has 3 heterocycles. The number of amides is 1. The highest BCUT2D eigenvalue weighted by molar-refractivity contribution is 7.21. The molecule has 0 saturated heterocycles. The van der Waals surface area contributed by atoms with Gasteiger partial charge in [-0.25, -0.2) is 4.98 Å². The van der Waals surface area contributed by atoms with Crippen molar-refractivity contribution in [1.82, 2.24) is 4.98 Å². The molecule has 0 aliphatic carbocycles. The number of pyridine rings is 1. The Labute approximate surface area is 167 Å². The summed E-state index contributed by atoms with van der Waals surface area (Å²) in [4.78, 5) is 21.3. The van der Waals surface area contributed by atoms with Crippen molar-refractivity contribution >= 4 is 38.8 Å². The lowest BCUT2D eigenvalue weighted by Gasteiger charge is -2.29. The number of aryl methyl sites for hydroxylation is 1. The number of nitrogens with two attached hydrogens (primary N) is 1. The van der Waals surface area contributed by atoms with Crippen LogP contribution in [-0.4, -0.2) is 17.4 Å². The zero-order valence-electron chi connectivity index (χ0n) is 15.3. The molecule has 0 radical (unpaired) electrons. The second kappa shape index (κ2) is 6.77. The van der Waals surface area contributed by atoms with Crippen LogP contribution in [0.1, 0.15) is 21.7 Å². The van der Waals surface area contributed by atoms with Gasteiger partial charge in [-0.15, -0.1) is 11.3 Å². The lowest BCUT2D eigenvalue weighted by atomic mass is 10.0. The molecule has 28 heavy (non-hydrogen) atoms. The van der Waals surface area contributed by atoms with Crippen LogP contribution in [0.15, 0.2) is 66.7 Å². The molecule has 2 N–H and O–H groups in total. The fourth-order valence-electron chi connectivity index (χ4n) is 3.79. The highest BCUT2D eigenvalue weighted by Gasteiger charge is 2.27. The van der Waals surface area contributed by atoms with Crippen LogP contribution in [0, 0.1) is 0 Å². The summed E-state index contributed by atoms with van der Waals surface area (Å²) in [5, 5.41) is 0.846. The van der Waals surface area contributed by atoms with Crippen LogP contribution in [0.2, 0.25) is 0 Å². The molecule has 1 aliphatic rings. The molecule has 5 rings (SSSR count). The highest BCUT2D eigenvalue weighted by Crippen LogP contribution is 2.37. The third-order valence-corrected chi connectivity index (χ3v) is 6.32. The maximum absolute atomic E-state index is 13.3. The summed E-state index contributed by atoms with van der Waals surface area (Å²) < 4.78 is 0. The Morgan fingerprint density at radius 2 is 1.79 bits per heavy atom. The molecular formula is C23H19N3OS. The minimum atomic E-state index is -0.0334. The highest BCUT2D eigenvalue weighted by atomic mass is 32.1. The molecule has 138 valence electrons. The molecular weight excluding hydrogens is 366 g/mol. The minimum Gasteiger partial charge on any atom is -0.397 e. The Kier molecular flexibility index (Phi) is 4.10. The van der Waals surface area contributed by atoms with Gasteiger partial charge in [0.1, 0.15) is 9.71 Å². The van der Waals surface area contributed by atoms with Crippen LogP contribution in [0.5, 0.6) is 0 Å². The van der Waals surface area contributed by atoms with E-state index in [0.29, 0.717) is 17.1 Å². The molecule has 5 heteroatoms. The van der Waals surface area contributed by atoms with Crippen molar-refractivity contribution in [2.75, 3.05) is 17.2 Å². The average molecular weight is 385 g/mol. The van der Waals surface area contributed by atoms with E-state index in [-0.39, 0.29) is 5.91 Å². The second-order valence-electron chi connectivity index (χ2n) is 6.95. The number of hydrogen-bond donors (Lipinski definition) is 1. The molecule has 1 aliphatic heterocycles. The van der Waals surface area contributed by atoms with Gasteiger partial charge in [0.15, 0.2) is 0 Å². The predicted octanol–water partition coefficient (Wildman–Crippen LogP) is 5.14. The number of hydrogen-bond acceptors (Lipinski definition) is 4. The molecule has 0 fully saturated rings. The third-order valence-electron chi connectivity index (χ3n) is 5.21. The van der Waals surface area contributed by atoms with Crippen LogP contribution < -0.4 is 10.6 Å². The average Bonchev–Trinajstić information content (AvgIpc) is 3.09. The van der Waals surface area contributed by atoms with Crippen molar-refractivity contribution in [3.63, 3.8) is 0 Å². The number of thiophene rings is 1. The van der Waals surface area contributed by atoms with Gasteiger partial charge in [0.2, 0.25) is 0 Å². The first-order valence-electron chi connectivity index (χ1n) is 9.36. The number of nitrogens with zero attached hydrogens (tertiary/aromatic N) is 2. The molecule has 0 bridgehead atoms. The number of carbonyl (C=O) groups is 1. The number of para-hydroxylation sites is 1. The van der Waals surface area contributed by atoms with Gasteiger partial charge in [0.25, 0.3) is 5.91 Å². The van der Waals surface area contributed by atoms with Crippen LogP contribution in [0.3, 0.4) is 0 Å². The number of anilines is 2. The smallest absolute Gasteiger partial charge is 0.270 e. The lowest BCUT2D eigenvalue weighted by Crippen LogP contribution is -2.35. The van der Waals surface area contributed by atoms with Crippen molar-refractivity contribution in [1.29, 1.82) is 0 Å². The topological polar surface area (TPSA) is 59.2 Å². The van der Waals surface area contributed by atoms with Crippen LogP contribution in [0.4, 0.5) is 11.4 Å². The summed E-state index contributed by atoms with van der Waals surface area (Å²) in [5.74, 6) is -0.0334. The van der Waals surface area contributed by atoms with E-state index in [4.69, 9.17) is 10.7 Å². The lowest BCUT2D eigenvalue weighted by molar-refractivity contribution is 0.0990. The van der Waals surface area contributed by atoms with Gasteiger partial charge in [-0.2, -0.15) is 0 Å². The van der Waals surface area contributed by atoms with Crippen molar-refractivity contribution in [3.05, 3.63) is 77.2 Å². The molecule has 0 saturated carbocycles. The molecule has 2 aromatic heterocycles. The number of aromatic nitrogens is 1. The normalized spacial score (nSPS) is 13.5. The zero-order valence-corrected chi connectivity index (χ0v) is 16.1. The SMILES string of the molecule is Nc1c(C(=O)N2CCCc3ccccc32)sc2nc(-c3ccccc3)ccc12. The summed E-state index contributed by atoms with van der Waals surface area (Å²) in [5.41, 5.74) is 11.1. The Hall–Kier alpha value is -3.18. The fourth-order valence-corrected chi connectivity index (χ4v) is 4.84. The molecule has 4 nitrogen and oxygen atoms in total. The van der Waals surface area contributed by atoms with Crippen LogP contribution in [0.25, 0.3) is 21.5 Å². The summed E-state index contributed by atoms with van der Waals surface area (Å²) in [6.45, 7) is 0.715. The Morgan fingerprint density at radius 1 is 1.00 bits per heavy atom. The first kappa shape index (κ1) is 17.0. The van der Waals surface area contributed by atoms with Crippen molar-refractivity contribution in [2.24, 2.45) is 0 Å². The number of carbonyl (C=O) groups excluding carboxylic acids is 1. The van der Waals surface area contributed by atoms with Crippen LogP contribution >= 0.6 is 11.3 Å². The fraction of sp³-hybridized carbons (Fsp3) is 0.130. The number of benzene rings is 2. The van der Waals surface area contributed by atoms with E-state index in [2.05, 4.69) is 6.07 Å². The van der Waals surface area contributed by atoms with E-state index < -0.39 is 0 Å². The number of nitrogen functional groups attached to an aromatic ring is 1. The van der Waals surface area contributed by atoms with Gasteiger partial charge in [-0.05, 0) is 36.6 Å². The van der Waals surface area contributed by atoms with Crippen molar-refractivity contribution in [3.8, 4) is 11.3 Å². The largest absolute Gasteiger partial charge is 0.397 e. The maximum atomic E-state index is 13.3. The van der Waals surface area contributed by atoms with E-state index in [1.165, 1.54) is 16.9 Å². The van der Waals surface area contributed by atoms with Gasteiger partial charge >= 0.3 is 0 Å². The molecule has 0 spiro atoms. The first-order chi connectivity index (χ1) is 13.7. The van der Waals surface area contributed by atoms with E-state index in [1.807, 2.05) is 65.6 Å². The zero-order chi connectivity index (χ0) is 19.1. The quantitative estimate of drug-likeness (QED) is 0.520. The molecule has 0 atom stereocenters. The summed E-state index contributed by atoms with van der Waals surface area (Å²) in [6.07, 6.45) is 1.97. The van der Waals surface area contributed by atoms with E-state index in [0.717, 1.165) is 40.0 Å². The van der Waals surface area contributed by atoms with Gasteiger partial charge in [0, 0.05) is 23.2 Å². The first-order valence-corrected chi connectivity index (χ1v) is 10.2. The van der Waals surface area contributed by atoms with E-state index >= 15 is 0 Å². The molecule has 1 amide bonds. The van der Waals surface area contributed by atoms with Gasteiger partial charge in [-0.3, -0.25) is 4.79 Å². The van der Waals surface area contributed by atoms with Crippen molar-refractivity contribution < 1.29 is 4.79 Å². The molecule has 2 aromatic carbocycles. The Bertz CT molecular complexity index is 1180. The second-order valence-corrected chi connectivity index (χ2v) is 7.95. The Morgan fingerprint density at radius 3 is 2.64 bits per heavy atom. The minimum absolute atomic E-state index is 0.0334. The maximum Gasteiger partial charge on any atom is 0.270 e. The standard InChI is InChI=1S/C23H19N3OS/c24-20-17-12-13-18(15-7-2-1-3-8-15)25-22(17)28-21(20)23(27)26-14-6-10-16-9-4-5-11-19(16)26/h1-5,7-9,11-13H,6,10,14,24H2. The summed E-state index contributed by atoms with van der Waals surface area (Å²) in [7, 11) is 0. The number of fused-ring (bicyclic) bond motifs is 2. The van der Waals surface area contributed by atoms with Gasteiger partial charge < -0.3 is 10.6 Å². The van der Waals surface area contributed by atoms with Crippen molar-refractivity contribution in [2.45, 2.75) is 12.8 Å². The monoisotopic (exact) mass is 385 g/mol. The Balaban J connectivity index is 1.56. The van der Waals surface area contributed by atoms with E-state index in [9.17, 15) is 4.79 Å². The number of rotatable bonds is 2. The van der Waals surface area contributed by atoms with Crippen LogP contribution in [-0.2, 0) is 6.42 Å². The summed E-state index contributed by atoms with van der Waals surface area (Å²) >= 11 is 1.38.